The fourth-order valence-corrected chi connectivity index (χ4v) is 0.916. The van der Waals surface area contributed by atoms with E-state index in [9.17, 15) is 0 Å². The van der Waals surface area contributed by atoms with Crippen molar-refractivity contribution < 1.29 is 0 Å². The molecule has 0 radical (unpaired) electrons. The number of nitrogens with one attached hydrogen (secondary N) is 2. The lowest BCUT2D eigenvalue weighted by atomic mass is 10.2. The second-order valence-corrected chi connectivity index (χ2v) is 2.40. The van der Waals surface area contributed by atoms with Gasteiger partial charge >= 0.3 is 0 Å². The van der Waals surface area contributed by atoms with Crippen LogP contribution in [0.4, 0.5) is 5.69 Å². The molecule has 0 aliphatic carbocycles. The predicted molar refractivity (Wildman–Crippen MR) is 49.2 cm³/mol. The Bertz CT molecular complexity index is 271. The fourth-order valence-electron chi connectivity index (χ4n) is 0.916. The van der Waals surface area contributed by atoms with E-state index in [0.29, 0.717) is 0 Å². The lowest BCUT2D eigenvalue weighted by Gasteiger charge is -2.00. The van der Waals surface area contributed by atoms with Crippen molar-refractivity contribution in [3.05, 3.63) is 41.4 Å². The van der Waals surface area contributed by atoms with Crippen molar-refractivity contribution in [1.82, 2.24) is 5.53 Å². The van der Waals surface area contributed by atoms with Gasteiger partial charge in [0.1, 0.15) is 0 Å². The van der Waals surface area contributed by atoms with Gasteiger partial charge in [-0.2, -0.15) is 6.57 Å². The van der Waals surface area contributed by atoms with Crippen LogP contribution in [-0.4, -0.2) is 0 Å². The summed E-state index contributed by atoms with van der Waals surface area (Å²) in [7, 11) is 0. The molecule has 0 aliphatic heterocycles. The maximum Gasteiger partial charge on any atom is 0.0599 e. The van der Waals surface area contributed by atoms with Gasteiger partial charge in [0, 0.05) is 0 Å². The van der Waals surface area contributed by atoms with E-state index in [2.05, 4.69) is 22.8 Å². The third-order valence-corrected chi connectivity index (χ3v) is 1.62. The summed E-state index contributed by atoms with van der Waals surface area (Å²) < 4.78 is 0. The van der Waals surface area contributed by atoms with Crippen LogP contribution in [0, 0.1) is 6.57 Å². The van der Waals surface area contributed by atoms with Crippen molar-refractivity contribution in [2.45, 2.75) is 13.3 Å². The third kappa shape index (κ3) is 2.17. The van der Waals surface area contributed by atoms with E-state index in [1.165, 1.54) is 5.56 Å². The first kappa shape index (κ1) is 8.41. The summed E-state index contributed by atoms with van der Waals surface area (Å²) in [4.78, 5) is 2.96. The first-order valence-electron chi connectivity index (χ1n) is 3.83. The van der Waals surface area contributed by atoms with Crippen LogP contribution in [0.2, 0.25) is 0 Å². The highest BCUT2D eigenvalue weighted by Crippen LogP contribution is 2.08. The Kier molecular flexibility index (Phi) is 2.97. The minimum atomic E-state index is 0.906. The number of aryl methyl sites for hydroxylation is 1. The molecule has 1 aromatic rings. The van der Waals surface area contributed by atoms with Gasteiger partial charge in [-0.3, -0.25) is 0 Å². The molecule has 0 atom stereocenters. The molecular formula is C9H11N3. The van der Waals surface area contributed by atoms with Crippen molar-refractivity contribution in [2.75, 3.05) is 5.43 Å². The maximum absolute atomic E-state index is 6.48. The molecule has 1 rings (SSSR count). The molecule has 2 N–H and O–H groups in total. The monoisotopic (exact) mass is 161 g/mol. The maximum atomic E-state index is 6.48. The molecule has 3 heteroatoms. The number of hydrogen-bond donors (Lipinski definition) is 2. The minimum absolute atomic E-state index is 0.906. The van der Waals surface area contributed by atoms with Crippen LogP contribution in [0.15, 0.2) is 24.3 Å². The smallest absolute Gasteiger partial charge is 0.0599 e. The van der Waals surface area contributed by atoms with Gasteiger partial charge in [0.25, 0.3) is 0 Å². The van der Waals surface area contributed by atoms with Gasteiger partial charge in [-0.05, 0) is 29.7 Å². The van der Waals surface area contributed by atoms with Crippen LogP contribution in [0.3, 0.4) is 0 Å². The van der Waals surface area contributed by atoms with E-state index in [1.807, 2.05) is 24.3 Å². The summed E-state index contributed by atoms with van der Waals surface area (Å²) in [6.07, 6.45) is 1.04. The largest absolute Gasteiger partial charge is 0.242 e. The quantitative estimate of drug-likeness (QED) is 0.524. The van der Waals surface area contributed by atoms with Crippen LogP contribution in [0.1, 0.15) is 12.5 Å². The molecule has 0 bridgehead atoms. The molecule has 12 heavy (non-hydrogen) atoms. The number of benzene rings is 1. The Morgan fingerprint density at radius 3 is 2.50 bits per heavy atom. The Morgan fingerprint density at radius 2 is 2.00 bits per heavy atom. The van der Waals surface area contributed by atoms with Crippen LogP contribution in [0.5, 0.6) is 0 Å². The Balaban J connectivity index is 2.60. The minimum Gasteiger partial charge on any atom is -0.242 e. The van der Waals surface area contributed by atoms with Gasteiger partial charge in [-0.25, -0.2) is 5.43 Å². The lowest BCUT2D eigenvalue weighted by Crippen LogP contribution is -2.11. The predicted octanol–water partition coefficient (Wildman–Crippen LogP) is 2.00. The molecule has 3 nitrogen and oxygen atoms in total. The molecule has 0 heterocycles. The summed E-state index contributed by atoms with van der Waals surface area (Å²) in [5.74, 6) is 0. The second-order valence-electron chi connectivity index (χ2n) is 2.40. The molecule has 0 aromatic heterocycles. The number of hydrazine groups is 1. The molecule has 0 amide bonds. The molecular weight excluding hydrogens is 150 g/mol. The molecule has 0 saturated carbocycles. The van der Waals surface area contributed by atoms with Crippen molar-refractivity contribution in [1.29, 1.82) is 0 Å². The molecule has 0 spiro atoms. The van der Waals surface area contributed by atoms with Gasteiger partial charge in [0.2, 0.25) is 0 Å². The van der Waals surface area contributed by atoms with Crippen LogP contribution in [-0.2, 0) is 6.42 Å². The SMILES string of the molecule is [C-]#[N+]NNc1ccc(CC)cc1. The number of hydrogen-bond acceptors (Lipinski definition) is 2. The number of nitrogens with zero attached hydrogens (tertiary/aromatic N) is 1. The highest BCUT2D eigenvalue weighted by atomic mass is 15.5. The first-order valence-corrected chi connectivity index (χ1v) is 3.83. The number of anilines is 1. The first-order chi connectivity index (χ1) is 5.86. The zero-order chi connectivity index (χ0) is 8.81. The summed E-state index contributed by atoms with van der Waals surface area (Å²) in [5.41, 5.74) is 7.29. The van der Waals surface area contributed by atoms with Gasteiger partial charge < -0.3 is 0 Å². The summed E-state index contributed by atoms with van der Waals surface area (Å²) in [5, 5.41) is 0. The molecule has 0 saturated heterocycles. The van der Waals surface area contributed by atoms with Gasteiger partial charge in [-0.1, -0.05) is 19.1 Å². The van der Waals surface area contributed by atoms with E-state index in [-0.39, 0.29) is 0 Å². The summed E-state index contributed by atoms with van der Waals surface area (Å²) >= 11 is 0. The zero-order valence-corrected chi connectivity index (χ0v) is 6.96. The zero-order valence-electron chi connectivity index (χ0n) is 6.96. The van der Waals surface area contributed by atoms with E-state index in [4.69, 9.17) is 6.57 Å². The highest BCUT2D eigenvalue weighted by molar-refractivity contribution is 5.43. The average molecular weight is 161 g/mol. The van der Waals surface area contributed by atoms with E-state index >= 15 is 0 Å². The third-order valence-electron chi connectivity index (χ3n) is 1.62. The topological polar surface area (TPSA) is 28.4 Å². The molecule has 0 aliphatic rings. The normalized spacial score (nSPS) is 8.67. The second kappa shape index (κ2) is 4.24. The van der Waals surface area contributed by atoms with Crippen molar-refractivity contribution in [2.24, 2.45) is 0 Å². The Labute approximate surface area is 72.2 Å². The van der Waals surface area contributed by atoms with Crippen LogP contribution < -0.4 is 11.0 Å². The molecule has 0 unspecified atom stereocenters. The summed E-state index contributed by atoms with van der Waals surface area (Å²) in [6.45, 7) is 8.59. The van der Waals surface area contributed by atoms with E-state index < -0.39 is 0 Å². The van der Waals surface area contributed by atoms with E-state index in [0.717, 1.165) is 12.1 Å². The van der Waals surface area contributed by atoms with Crippen LogP contribution in [0.25, 0.3) is 4.95 Å². The fraction of sp³-hybridized carbons (Fsp3) is 0.222. The molecule has 0 fully saturated rings. The summed E-state index contributed by atoms with van der Waals surface area (Å²) in [6, 6.07) is 7.95. The van der Waals surface area contributed by atoms with Crippen molar-refractivity contribution >= 4 is 5.69 Å². The van der Waals surface area contributed by atoms with Gasteiger partial charge in [0.05, 0.1) is 5.69 Å². The molecule has 1 aromatic carbocycles. The Hall–Kier alpha value is -1.69. The van der Waals surface area contributed by atoms with Crippen LogP contribution >= 0.6 is 0 Å². The number of rotatable bonds is 3. The Morgan fingerprint density at radius 1 is 1.33 bits per heavy atom. The van der Waals surface area contributed by atoms with E-state index in [1.54, 1.807) is 0 Å². The highest BCUT2D eigenvalue weighted by Gasteiger charge is 1.90. The van der Waals surface area contributed by atoms with Crippen molar-refractivity contribution in [3.8, 4) is 0 Å². The van der Waals surface area contributed by atoms with Crippen molar-refractivity contribution in [3.63, 3.8) is 0 Å². The average Bonchev–Trinajstić information content (AvgIpc) is 2.15. The van der Waals surface area contributed by atoms with Gasteiger partial charge in [-0.15, -0.1) is 4.95 Å². The lowest BCUT2D eigenvalue weighted by molar-refractivity contribution is 1.05. The standard InChI is InChI=1S/C9H11N3/c1-3-8-4-6-9(7-5-8)11-12-10-2/h4-7,11-12H,3H2,1H3. The van der Waals surface area contributed by atoms with Gasteiger partial charge in [0.15, 0.2) is 0 Å². The molecule has 62 valence electrons.